The quantitative estimate of drug-likeness (QED) is 0.884. The minimum atomic E-state index is 0.00420. The van der Waals surface area contributed by atoms with Gasteiger partial charge < -0.3 is 10.6 Å². The summed E-state index contributed by atoms with van der Waals surface area (Å²) in [6, 6.07) is 5.96. The second kappa shape index (κ2) is 6.05. The van der Waals surface area contributed by atoms with Gasteiger partial charge in [0.05, 0.1) is 5.69 Å². The molecule has 2 aromatic rings. The average molecular weight is 285 g/mol. The number of aromatic nitrogens is 3. The van der Waals surface area contributed by atoms with Crippen molar-refractivity contribution in [1.29, 1.82) is 0 Å². The fraction of sp³-hybridized carbons (Fsp3) is 0.400. The van der Waals surface area contributed by atoms with Crippen molar-refractivity contribution in [3.63, 3.8) is 0 Å². The van der Waals surface area contributed by atoms with Crippen molar-refractivity contribution in [2.75, 3.05) is 13.1 Å². The van der Waals surface area contributed by atoms with Crippen LogP contribution in [0.15, 0.2) is 30.9 Å². The number of hydrogen-bond acceptors (Lipinski definition) is 4. The second-order valence-electron chi connectivity index (χ2n) is 5.34. The molecule has 2 heterocycles. The number of hydrogen-bond donors (Lipinski definition) is 2. The van der Waals surface area contributed by atoms with Gasteiger partial charge in [0.1, 0.15) is 12.7 Å². The van der Waals surface area contributed by atoms with Gasteiger partial charge in [0.25, 0.3) is 5.91 Å². The molecule has 0 aliphatic carbocycles. The van der Waals surface area contributed by atoms with E-state index in [2.05, 4.69) is 20.7 Å². The van der Waals surface area contributed by atoms with Crippen molar-refractivity contribution in [1.82, 2.24) is 25.4 Å². The monoisotopic (exact) mass is 285 g/mol. The smallest absolute Gasteiger partial charge is 0.251 e. The van der Waals surface area contributed by atoms with Crippen LogP contribution in [0.4, 0.5) is 0 Å². The maximum atomic E-state index is 12.4. The first-order chi connectivity index (χ1) is 10.2. The highest BCUT2D eigenvalue weighted by Crippen LogP contribution is 2.14. The summed E-state index contributed by atoms with van der Waals surface area (Å²) in [5, 5.41) is 10.5. The fourth-order valence-corrected chi connectivity index (χ4v) is 2.62. The third kappa shape index (κ3) is 3.11. The highest BCUT2D eigenvalue weighted by Gasteiger charge is 2.17. The first-order valence-corrected chi connectivity index (χ1v) is 7.21. The van der Waals surface area contributed by atoms with E-state index < -0.39 is 0 Å². The lowest BCUT2D eigenvalue weighted by atomic mass is 10.0. The molecule has 3 rings (SSSR count). The van der Waals surface area contributed by atoms with Crippen LogP contribution in [0.5, 0.6) is 0 Å². The molecule has 1 amide bonds. The van der Waals surface area contributed by atoms with Crippen molar-refractivity contribution in [3.05, 3.63) is 42.0 Å². The molecule has 0 atom stereocenters. The lowest BCUT2D eigenvalue weighted by Crippen LogP contribution is -2.42. The van der Waals surface area contributed by atoms with E-state index in [9.17, 15) is 4.79 Å². The van der Waals surface area contributed by atoms with E-state index in [0.717, 1.165) is 42.7 Å². The van der Waals surface area contributed by atoms with Crippen LogP contribution in [0, 0.1) is 6.92 Å². The van der Waals surface area contributed by atoms with Gasteiger partial charge in [-0.1, -0.05) is 0 Å². The number of rotatable bonds is 3. The van der Waals surface area contributed by atoms with E-state index in [4.69, 9.17) is 0 Å². The first-order valence-electron chi connectivity index (χ1n) is 7.21. The molecule has 1 aliphatic heterocycles. The van der Waals surface area contributed by atoms with Crippen molar-refractivity contribution >= 4 is 5.91 Å². The summed E-state index contributed by atoms with van der Waals surface area (Å²) in [7, 11) is 0. The lowest BCUT2D eigenvalue weighted by molar-refractivity contribution is 0.0929. The number of nitrogens with zero attached hydrogens (tertiary/aromatic N) is 3. The van der Waals surface area contributed by atoms with Gasteiger partial charge in [-0.05, 0) is 56.6 Å². The molecule has 1 saturated heterocycles. The zero-order valence-corrected chi connectivity index (χ0v) is 12.0. The number of amides is 1. The Bertz CT molecular complexity index is 617. The maximum Gasteiger partial charge on any atom is 0.251 e. The summed E-state index contributed by atoms with van der Waals surface area (Å²) < 4.78 is 1.68. The highest BCUT2D eigenvalue weighted by molar-refractivity contribution is 5.96. The van der Waals surface area contributed by atoms with Crippen molar-refractivity contribution in [3.8, 4) is 5.69 Å². The standard InChI is InChI=1S/C15H19N5O/c1-11-8-13(20-10-17-9-18-20)2-3-14(11)15(21)19-12-4-6-16-7-5-12/h2-3,8-10,12,16H,4-7H2,1H3,(H,19,21). The number of piperidine rings is 1. The van der Waals surface area contributed by atoms with Crippen LogP contribution in [0.2, 0.25) is 0 Å². The third-order valence-electron chi connectivity index (χ3n) is 3.81. The second-order valence-corrected chi connectivity index (χ2v) is 5.34. The third-order valence-corrected chi connectivity index (χ3v) is 3.81. The number of carbonyl (C=O) groups excluding carboxylic acids is 1. The molecule has 6 nitrogen and oxygen atoms in total. The Morgan fingerprint density at radius 2 is 2.19 bits per heavy atom. The predicted molar refractivity (Wildman–Crippen MR) is 79.5 cm³/mol. The molecule has 2 N–H and O–H groups in total. The largest absolute Gasteiger partial charge is 0.349 e. The molecular weight excluding hydrogens is 266 g/mol. The summed E-state index contributed by atoms with van der Waals surface area (Å²) in [6.07, 6.45) is 5.11. The molecule has 6 heteroatoms. The van der Waals surface area contributed by atoms with Crippen molar-refractivity contribution in [2.24, 2.45) is 0 Å². The van der Waals surface area contributed by atoms with Crippen LogP contribution in [0.3, 0.4) is 0 Å². The topological polar surface area (TPSA) is 71.8 Å². The van der Waals surface area contributed by atoms with E-state index in [0.29, 0.717) is 0 Å². The Kier molecular flexibility index (Phi) is 3.96. The summed E-state index contributed by atoms with van der Waals surface area (Å²) in [6.45, 7) is 3.88. The number of nitrogens with one attached hydrogen (secondary N) is 2. The summed E-state index contributed by atoms with van der Waals surface area (Å²) in [4.78, 5) is 16.3. The highest BCUT2D eigenvalue weighted by atomic mass is 16.1. The molecule has 1 aromatic carbocycles. The molecule has 1 aliphatic rings. The van der Waals surface area contributed by atoms with Gasteiger partial charge in [-0.15, -0.1) is 0 Å². The van der Waals surface area contributed by atoms with Gasteiger partial charge in [-0.3, -0.25) is 4.79 Å². The van der Waals surface area contributed by atoms with Crippen LogP contribution < -0.4 is 10.6 Å². The average Bonchev–Trinajstić information content (AvgIpc) is 3.02. The summed E-state index contributed by atoms with van der Waals surface area (Å²) >= 11 is 0. The zero-order chi connectivity index (χ0) is 14.7. The molecule has 110 valence electrons. The number of benzene rings is 1. The molecule has 0 spiro atoms. The maximum absolute atomic E-state index is 12.4. The Balaban J connectivity index is 1.74. The van der Waals surface area contributed by atoms with Crippen LogP contribution in [-0.4, -0.2) is 39.8 Å². The van der Waals surface area contributed by atoms with Crippen LogP contribution in [0.25, 0.3) is 5.69 Å². The van der Waals surface area contributed by atoms with Gasteiger partial charge in [0, 0.05) is 11.6 Å². The molecule has 21 heavy (non-hydrogen) atoms. The molecule has 0 radical (unpaired) electrons. The van der Waals surface area contributed by atoms with E-state index >= 15 is 0 Å². The first kappa shape index (κ1) is 13.8. The molecule has 0 unspecified atom stereocenters. The van der Waals surface area contributed by atoms with E-state index in [1.165, 1.54) is 6.33 Å². The van der Waals surface area contributed by atoms with Gasteiger partial charge in [-0.2, -0.15) is 5.10 Å². The normalized spacial score (nSPS) is 15.9. The SMILES string of the molecule is Cc1cc(-n2cncn2)ccc1C(=O)NC1CCNCC1. The Morgan fingerprint density at radius 1 is 1.38 bits per heavy atom. The van der Waals surface area contributed by atoms with Crippen molar-refractivity contribution < 1.29 is 4.79 Å². The van der Waals surface area contributed by atoms with Crippen LogP contribution >= 0.6 is 0 Å². The molecule has 0 saturated carbocycles. The minimum absolute atomic E-state index is 0.00420. The number of aryl methyl sites for hydroxylation is 1. The Hall–Kier alpha value is -2.21. The molecular formula is C15H19N5O. The summed E-state index contributed by atoms with van der Waals surface area (Å²) in [5.74, 6) is 0.00420. The van der Waals surface area contributed by atoms with Gasteiger partial charge >= 0.3 is 0 Å². The van der Waals surface area contributed by atoms with E-state index in [1.54, 1.807) is 11.0 Å². The molecule has 1 fully saturated rings. The van der Waals surface area contributed by atoms with Crippen LogP contribution in [0.1, 0.15) is 28.8 Å². The minimum Gasteiger partial charge on any atom is -0.349 e. The van der Waals surface area contributed by atoms with E-state index in [1.807, 2.05) is 25.1 Å². The lowest BCUT2D eigenvalue weighted by Gasteiger charge is -2.24. The van der Waals surface area contributed by atoms with Crippen molar-refractivity contribution in [2.45, 2.75) is 25.8 Å². The molecule has 0 bridgehead atoms. The van der Waals surface area contributed by atoms with Gasteiger partial charge in [-0.25, -0.2) is 9.67 Å². The van der Waals surface area contributed by atoms with E-state index in [-0.39, 0.29) is 11.9 Å². The zero-order valence-electron chi connectivity index (χ0n) is 12.0. The predicted octanol–water partition coefficient (Wildman–Crippen LogP) is 1.06. The van der Waals surface area contributed by atoms with Gasteiger partial charge in [0.2, 0.25) is 0 Å². The number of carbonyl (C=O) groups is 1. The molecule has 1 aromatic heterocycles. The fourth-order valence-electron chi connectivity index (χ4n) is 2.62. The van der Waals surface area contributed by atoms with Gasteiger partial charge in [0.15, 0.2) is 0 Å². The Morgan fingerprint density at radius 3 is 2.86 bits per heavy atom. The summed E-state index contributed by atoms with van der Waals surface area (Å²) in [5.41, 5.74) is 2.57. The Labute approximate surface area is 123 Å². The van der Waals surface area contributed by atoms with Crippen LogP contribution in [-0.2, 0) is 0 Å².